The van der Waals surface area contributed by atoms with Gasteiger partial charge in [0.1, 0.15) is 11.5 Å². The number of fused-ring (bicyclic) bond motifs is 1. The van der Waals surface area contributed by atoms with E-state index in [1.807, 2.05) is 54.9 Å². The number of ether oxygens (including phenoxy) is 2. The molecule has 0 unspecified atom stereocenters. The van der Waals surface area contributed by atoms with Crippen LogP contribution in [0.3, 0.4) is 0 Å². The molecule has 4 nitrogen and oxygen atoms in total. The summed E-state index contributed by atoms with van der Waals surface area (Å²) in [5.41, 5.74) is 3.47. The zero-order valence-electron chi connectivity index (χ0n) is 15.8. The van der Waals surface area contributed by atoms with E-state index in [0.29, 0.717) is 13.2 Å². The topological polar surface area (TPSA) is 36.3 Å². The maximum atomic E-state index is 5.89. The van der Waals surface area contributed by atoms with Crippen LogP contribution in [0.25, 0.3) is 11.0 Å². The van der Waals surface area contributed by atoms with Crippen LogP contribution in [0.2, 0.25) is 0 Å². The predicted molar refractivity (Wildman–Crippen MR) is 112 cm³/mol. The van der Waals surface area contributed by atoms with E-state index < -0.39 is 0 Å². The molecule has 0 amide bonds. The molecular weight excluding hydrogens is 348 g/mol. The molecule has 0 atom stereocenters. The Labute approximate surface area is 165 Å². The summed E-state index contributed by atoms with van der Waals surface area (Å²) in [5, 5.41) is 0. The average molecular weight is 372 g/mol. The molecule has 142 valence electrons. The molecule has 0 aliphatic rings. The number of aryl methyl sites for hydroxylation is 2. The monoisotopic (exact) mass is 372 g/mol. The Bertz CT molecular complexity index is 1010. The van der Waals surface area contributed by atoms with Crippen LogP contribution in [-0.2, 0) is 13.0 Å². The fourth-order valence-electron chi connectivity index (χ4n) is 3.18. The zero-order chi connectivity index (χ0) is 19.0. The molecule has 0 radical (unpaired) electrons. The van der Waals surface area contributed by atoms with E-state index in [1.54, 1.807) is 0 Å². The Morgan fingerprint density at radius 2 is 1.50 bits per heavy atom. The van der Waals surface area contributed by atoms with Crippen LogP contribution in [0.5, 0.6) is 11.5 Å². The second-order valence-electron chi connectivity index (χ2n) is 6.69. The van der Waals surface area contributed by atoms with E-state index in [2.05, 4.69) is 39.9 Å². The maximum absolute atomic E-state index is 5.89. The summed E-state index contributed by atoms with van der Waals surface area (Å²) in [6.07, 6.45) is 3.70. The second kappa shape index (κ2) is 9.09. The minimum Gasteiger partial charge on any atom is -0.493 e. The molecule has 0 saturated heterocycles. The first-order chi connectivity index (χ1) is 13.9. The van der Waals surface area contributed by atoms with Gasteiger partial charge in [-0.2, -0.15) is 0 Å². The van der Waals surface area contributed by atoms with Gasteiger partial charge in [-0.3, -0.25) is 0 Å². The third-order valence-corrected chi connectivity index (χ3v) is 4.64. The van der Waals surface area contributed by atoms with E-state index in [-0.39, 0.29) is 0 Å². The highest BCUT2D eigenvalue weighted by Gasteiger charge is 2.03. The van der Waals surface area contributed by atoms with Crippen molar-refractivity contribution in [2.45, 2.75) is 19.4 Å². The highest BCUT2D eigenvalue weighted by Crippen LogP contribution is 2.17. The van der Waals surface area contributed by atoms with Crippen LogP contribution in [0.1, 0.15) is 12.0 Å². The lowest BCUT2D eigenvalue weighted by molar-refractivity contribution is 0.247. The van der Waals surface area contributed by atoms with Crippen molar-refractivity contribution in [3.63, 3.8) is 0 Å². The number of hydrogen-bond donors (Lipinski definition) is 0. The first-order valence-electron chi connectivity index (χ1n) is 9.68. The molecule has 4 aromatic rings. The van der Waals surface area contributed by atoms with E-state index >= 15 is 0 Å². The number of hydrogen-bond acceptors (Lipinski definition) is 3. The average Bonchev–Trinajstić information content (AvgIpc) is 3.16. The summed E-state index contributed by atoms with van der Waals surface area (Å²) in [5.74, 6) is 1.81. The summed E-state index contributed by atoms with van der Waals surface area (Å²) in [4.78, 5) is 4.45. The molecular formula is C24H24N2O2. The highest BCUT2D eigenvalue weighted by molar-refractivity contribution is 5.74. The van der Waals surface area contributed by atoms with Gasteiger partial charge in [-0.05, 0) is 48.4 Å². The third-order valence-electron chi connectivity index (χ3n) is 4.64. The fourth-order valence-corrected chi connectivity index (χ4v) is 3.18. The molecule has 0 spiro atoms. The molecule has 0 bridgehead atoms. The van der Waals surface area contributed by atoms with Crippen LogP contribution >= 0.6 is 0 Å². The van der Waals surface area contributed by atoms with Gasteiger partial charge in [-0.25, -0.2) is 4.98 Å². The first kappa shape index (κ1) is 18.1. The van der Waals surface area contributed by atoms with Crippen LogP contribution in [0, 0.1) is 0 Å². The summed E-state index contributed by atoms with van der Waals surface area (Å²) in [6.45, 7) is 2.19. The number of benzene rings is 3. The lowest BCUT2D eigenvalue weighted by Crippen LogP contribution is -2.05. The van der Waals surface area contributed by atoms with Crippen molar-refractivity contribution < 1.29 is 9.47 Å². The summed E-state index contributed by atoms with van der Waals surface area (Å²) in [6, 6.07) is 26.4. The SMILES string of the molecule is c1ccc(OCCCOc2cccc(CCn3cnc4ccccc43)c2)cc1. The minimum atomic E-state index is 0.641. The van der Waals surface area contributed by atoms with Gasteiger partial charge in [0.25, 0.3) is 0 Å². The molecule has 0 fully saturated rings. The quantitative estimate of drug-likeness (QED) is 0.382. The lowest BCUT2D eigenvalue weighted by Gasteiger charge is -2.10. The number of imidazole rings is 1. The normalized spacial score (nSPS) is 10.9. The summed E-state index contributed by atoms with van der Waals surface area (Å²) >= 11 is 0. The molecule has 4 rings (SSSR count). The van der Waals surface area contributed by atoms with Crippen LogP contribution in [-0.4, -0.2) is 22.8 Å². The molecule has 1 aromatic heterocycles. The first-order valence-corrected chi connectivity index (χ1v) is 9.68. The fraction of sp³-hybridized carbons (Fsp3) is 0.208. The Kier molecular flexibility index (Phi) is 5.88. The van der Waals surface area contributed by atoms with E-state index in [4.69, 9.17) is 9.47 Å². The van der Waals surface area contributed by atoms with Crippen LogP contribution in [0.4, 0.5) is 0 Å². The van der Waals surface area contributed by atoms with E-state index in [0.717, 1.165) is 36.4 Å². The van der Waals surface area contributed by atoms with Crippen molar-refractivity contribution in [1.82, 2.24) is 9.55 Å². The van der Waals surface area contributed by atoms with Crippen molar-refractivity contribution >= 4 is 11.0 Å². The van der Waals surface area contributed by atoms with E-state index in [1.165, 1.54) is 11.1 Å². The molecule has 1 heterocycles. The standard InChI is InChI=1S/C24H24N2O2/c1-2-9-21(10-3-1)27-16-7-17-28-22-11-6-8-20(18-22)14-15-26-19-25-23-12-4-5-13-24(23)26/h1-6,8-13,18-19H,7,14-17H2. The number of aromatic nitrogens is 2. The number of nitrogens with zero attached hydrogens (tertiary/aromatic N) is 2. The minimum absolute atomic E-state index is 0.641. The number of rotatable bonds is 9. The van der Waals surface area contributed by atoms with Gasteiger partial charge in [-0.15, -0.1) is 0 Å². The number of para-hydroxylation sites is 3. The van der Waals surface area contributed by atoms with Crippen molar-refractivity contribution in [3.8, 4) is 11.5 Å². The third kappa shape index (κ3) is 4.71. The van der Waals surface area contributed by atoms with Gasteiger partial charge in [-0.1, -0.05) is 42.5 Å². The smallest absolute Gasteiger partial charge is 0.119 e. The van der Waals surface area contributed by atoms with Crippen molar-refractivity contribution in [2.24, 2.45) is 0 Å². The lowest BCUT2D eigenvalue weighted by atomic mass is 10.1. The van der Waals surface area contributed by atoms with Crippen molar-refractivity contribution in [1.29, 1.82) is 0 Å². The largest absolute Gasteiger partial charge is 0.493 e. The van der Waals surface area contributed by atoms with Gasteiger partial charge in [0.15, 0.2) is 0 Å². The zero-order valence-corrected chi connectivity index (χ0v) is 15.8. The Balaban J connectivity index is 1.25. The maximum Gasteiger partial charge on any atom is 0.119 e. The Morgan fingerprint density at radius 3 is 2.39 bits per heavy atom. The molecule has 0 aliphatic heterocycles. The van der Waals surface area contributed by atoms with Gasteiger partial charge in [0, 0.05) is 13.0 Å². The second-order valence-corrected chi connectivity index (χ2v) is 6.69. The van der Waals surface area contributed by atoms with Gasteiger partial charge in [0.2, 0.25) is 0 Å². The summed E-state index contributed by atoms with van der Waals surface area (Å²) in [7, 11) is 0. The predicted octanol–water partition coefficient (Wildman–Crippen LogP) is 5.13. The van der Waals surface area contributed by atoms with Gasteiger partial charge >= 0.3 is 0 Å². The van der Waals surface area contributed by atoms with Crippen molar-refractivity contribution in [2.75, 3.05) is 13.2 Å². The van der Waals surface area contributed by atoms with Gasteiger partial charge in [0.05, 0.1) is 30.6 Å². The molecule has 0 saturated carbocycles. The molecule has 4 heteroatoms. The highest BCUT2D eigenvalue weighted by atomic mass is 16.5. The van der Waals surface area contributed by atoms with Crippen LogP contribution < -0.4 is 9.47 Å². The molecule has 0 N–H and O–H groups in total. The molecule has 0 aliphatic carbocycles. The Hall–Kier alpha value is -3.27. The molecule has 3 aromatic carbocycles. The Morgan fingerprint density at radius 1 is 0.750 bits per heavy atom. The van der Waals surface area contributed by atoms with Gasteiger partial charge < -0.3 is 14.0 Å². The molecule has 28 heavy (non-hydrogen) atoms. The summed E-state index contributed by atoms with van der Waals surface area (Å²) < 4.78 is 13.8. The van der Waals surface area contributed by atoms with Crippen molar-refractivity contribution in [3.05, 3.63) is 90.8 Å². The van der Waals surface area contributed by atoms with Crippen LogP contribution in [0.15, 0.2) is 85.2 Å². The van der Waals surface area contributed by atoms with E-state index in [9.17, 15) is 0 Å².